The lowest BCUT2D eigenvalue weighted by Crippen LogP contribution is -2.38. The van der Waals surface area contributed by atoms with E-state index >= 15 is 0 Å². The van der Waals surface area contributed by atoms with Gasteiger partial charge in [-0.15, -0.1) is 0 Å². The Morgan fingerprint density at radius 3 is 2.72 bits per heavy atom. The van der Waals surface area contributed by atoms with Crippen molar-refractivity contribution < 1.29 is 19.3 Å². The highest BCUT2D eigenvalue weighted by Crippen LogP contribution is 2.19. The van der Waals surface area contributed by atoms with Gasteiger partial charge in [0.05, 0.1) is 6.10 Å². The standard InChI is InChI=1S/C24H28N4O4/c1-17-23(27-32-26-17)16-31-22-8-6-19(7-9-22)24(30)25-12-10-21(29)15-28-13-11-18-4-2-3-5-20(18)14-28/h2-9,21,29H,10-16H2,1H3,(H,25,30). The van der Waals surface area contributed by atoms with Crippen molar-refractivity contribution in [3.05, 3.63) is 76.6 Å². The molecular weight excluding hydrogens is 408 g/mol. The van der Waals surface area contributed by atoms with Gasteiger partial charge in [-0.2, -0.15) is 0 Å². The van der Waals surface area contributed by atoms with Crippen molar-refractivity contribution in [1.29, 1.82) is 0 Å². The highest BCUT2D eigenvalue weighted by molar-refractivity contribution is 5.94. The molecule has 2 heterocycles. The van der Waals surface area contributed by atoms with Crippen LogP contribution < -0.4 is 10.1 Å². The third-order valence-electron chi connectivity index (χ3n) is 5.68. The van der Waals surface area contributed by atoms with Crippen molar-refractivity contribution in [3.63, 3.8) is 0 Å². The Kier molecular flexibility index (Phi) is 7.14. The van der Waals surface area contributed by atoms with E-state index in [2.05, 4.69) is 49.4 Å². The number of aliphatic hydroxyl groups excluding tert-OH is 1. The summed E-state index contributed by atoms with van der Waals surface area (Å²) in [5.74, 6) is 0.453. The van der Waals surface area contributed by atoms with Gasteiger partial charge in [-0.1, -0.05) is 34.6 Å². The molecule has 0 spiro atoms. The molecule has 168 valence electrons. The monoisotopic (exact) mass is 436 g/mol. The van der Waals surface area contributed by atoms with Crippen LogP contribution in [0.5, 0.6) is 5.75 Å². The maximum absolute atomic E-state index is 12.4. The number of benzene rings is 2. The van der Waals surface area contributed by atoms with Crippen molar-refractivity contribution in [3.8, 4) is 5.75 Å². The zero-order valence-corrected chi connectivity index (χ0v) is 18.2. The number of hydrogen-bond acceptors (Lipinski definition) is 7. The van der Waals surface area contributed by atoms with Gasteiger partial charge >= 0.3 is 0 Å². The van der Waals surface area contributed by atoms with E-state index < -0.39 is 6.10 Å². The van der Waals surface area contributed by atoms with Gasteiger partial charge in [-0.3, -0.25) is 9.69 Å². The van der Waals surface area contributed by atoms with Crippen LogP contribution in [0.25, 0.3) is 0 Å². The molecule has 4 rings (SSSR count). The van der Waals surface area contributed by atoms with Crippen LogP contribution in [0.4, 0.5) is 0 Å². The van der Waals surface area contributed by atoms with Crippen LogP contribution in [0.1, 0.15) is 39.3 Å². The van der Waals surface area contributed by atoms with E-state index in [1.54, 1.807) is 31.2 Å². The quantitative estimate of drug-likeness (QED) is 0.531. The summed E-state index contributed by atoms with van der Waals surface area (Å²) in [4.78, 5) is 14.6. The minimum absolute atomic E-state index is 0.174. The van der Waals surface area contributed by atoms with Crippen LogP contribution in [0.3, 0.4) is 0 Å². The number of fused-ring (bicyclic) bond motifs is 1. The summed E-state index contributed by atoms with van der Waals surface area (Å²) in [5, 5.41) is 20.8. The molecule has 8 nitrogen and oxygen atoms in total. The van der Waals surface area contributed by atoms with Crippen LogP contribution in [0.2, 0.25) is 0 Å². The minimum Gasteiger partial charge on any atom is -0.487 e. The lowest BCUT2D eigenvalue weighted by molar-refractivity contribution is 0.0892. The van der Waals surface area contributed by atoms with E-state index in [0.717, 1.165) is 19.5 Å². The molecule has 1 unspecified atom stereocenters. The SMILES string of the molecule is Cc1nonc1COc1ccc(C(=O)NCCC(O)CN2CCc3ccccc3C2)cc1. The zero-order valence-electron chi connectivity index (χ0n) is 18.2. The van der Waals surface area contributed by atoms with Gasteiger partial charge in [-0.25, -0.2) is 4.63 Å². The molecule has 0 fully saturated rings. The highest BCUT2D eigenvalue weighted by Gasteiger charge is 2.18. The lowest BCUT2D eigenvalue weighted by Gasteiger charge is -2.30. The largest absolute Gasteiger partial charge is 0.487 e. The van der Waals surface area contributed by atoms with E-state index in [-0.39, 0.29) is 12.5 Å². The van der Waals surface area contributed by atoms with Gasteiger partial charge in [0.2, 0.25) is 0 Å². The van der Waals surface area contributed by atoms with Gasteiger partial charge in [-0.05, 0) is 55.2 Å². The number of aliphatic hydroxyl groups is 1. The number of hydrogen-bond donors (Lipinski definition) is 2. The number of aryl methyl sites for hydroxylation is 1. The molecule has 0 saturated heterocycles. The second kappa shape index (κ2) is 10.4. The molecule has 0 aliphatic carbocycles. The fourth-order valence-electron chi connectivity index (χ4n) is 3.79. The number of β-amino-alcohol motifs (C(OH)–C–C–N with tert-alkyl or cyclic N) is 1. The summed E-state index contributed by atoms with van der Waals surface area (Å²) < 4.78 is 10.3. The normalized spacial score (nSPS) is 14.6. The number of carbonyl (C=O) groups excluding carboxylic acids is 1. The number of nitrogens with one attached hydrogen (secondary N) is 1. The van der Waals surface area contributed by atoms with E-state index in [4.69, 9.17) is 4.74 Å². The molecule has 0 radical (unpaired) electrons. The second-order valence-corrected chi connectivity index (χ2v) is 8.06. The smallest absolute Gasteiger partial charge is 0.251 e. The fourth-order valence-corrected chi connectivity index (χ4v) is 3.79. The third-order valence-corrected chi connectivity index (χ3v) is 5.68. The average Bonchev–Trinajstić information content (AvgIpc) is 3.22. The predicted octanol–water partition coefficient (Wildman–Crippen LogP) is 2.50. The summed E-state index contributed by atoms with van der Waals surface area (Å²) in [7, 11) is 0. The molecule has 2 aromatic carbocycles. The molecule has 32 heavy (non-hydrogen) atoms. The first-order chi connectivity index (χ1) is 15.6. The van der Waals surface area contributed by atoms with Crippen molar-refractivity contribution in [1.82, 2.24) is 20.5 Å². The molecule has 1 aliphatic rings. The minimum atomic E-state index is -0.481. The van der Waals surface area contributed by atoms with Crippen LogP contribution in [-0.4, -0.2) is 52.0 Å². The lowest BCUT2D eigenvalue weighted by atomic mass is 9.99. The van der Waals surface area contributed by atoms with Gasteiger partial charge < -0.3 is 15.2 Å². The maximum atomic E-state index is 12.4. The Hall–Kier alpha value is -3.23. The van der Waals surface area contributed by atoms with Crippen LogP contribution in [0, 0.1) is 6.92 Å². The molecule has 1 amide bonds. The number of carbonyl (C=O) groups is 1. The van der Waals surface area contributed by atoms with Crippen LogP contribution in [0.15, 0.2) is 53.2 Å². The summed E-state index contributed by atoms with van der Waals surface area (Å²) in [5.41, 5.74) is 4.60. The highest BCUT2D eigenvalue weighted by atomic mass is 16.6. The Bertz CT molecular complexity index is 1030. The maximum Gasteiger partial charge on any atom is 0.251 e. The van der Waals surface area contributed by atoms with E-state index in [0.29, 0.717) is 42.2 Å². The van der Waals surface area contributed by atoms with E-state index in [9.17, 15) is 9.90 Å². The molecule has 1 aromatic heterocycles. The van der Waals surface area contributed by atoms with Crippen molar-refractivity contribution in [2.24, 2.45) is 0 Å². The topological polar surface area (TPSA) is 101 Å². The number of nitrogens with zero attached hydrogens (tertiary/aromatic N) is 3. The average molecular weight is 437 g/mol. The number of amides is 1. The molecule has 0 bridgehead atoms. The first-order valence-corrected chi connectivity index (χ1v) is 10.8. The molecule has 3 aromatic rings. The Labute approximate surface area is 187 Å². The Balaban J connectivity index is 1.17. The van der Waals surface area contributed by atoms with Gasteiger partial charge in [0.1, 0.15) is 23.7 Å². The Morgan fingerprint density at radius 1 is 1.19 bits per heavy atom. The number of ether oxygens (including phenoxy) is 1. The summed E-state index contributed by atoms with van der Waals surface area (Å²) in [6.45, 7) is 4.88. The van der Waals surface area contributed by atoms with Gasteiger partial charge in [0.25, 0.3) is 5.91 Å². The Morgan fingerprint density at radius 2 is 1.97 bits per heavy atom. The van der Waals surface area contributed by atoms with Crippen molar-refractivity contribution in [2.45, 2.75) is 39.0 Å². The zero-order chi connectivity index (χ0) is 22.3. The van der Waals surface area contributed by atoms with E-state index in [1.165, 1.54) is 11.1 Å². The molecule has 8 heteroatoms. The molecule has 2 N–H and O–H groups in total. The molecular formula is C24H28N4O4. The molecule has 1 aliphatic heterocycles. The predicted molar refractivity (Wildman–Crippen MR) is 118 cm³/mol. The number of rotatable bonds is 9. The number of aromatic nitrogens is 2. The molecule has 1 atom stereocenters. The van der Waals surface area contributed by atoms with Crippen LogP contribution >= 0.6 is 0 Å². The first-order valence-electron chi connectivity index (χ1n) is 10.8. The van der Waals surface area contributed by atoms with Crippen molar-refractivity contribution in [2.75, 3.05) is 19.6 Å². The van der Waals surface area contributed by atoms with Crippen molar-refractivity contribution >= 4 is 5.91 Å². The summed E-state index contributed by atoms with van der Waals surface area (Å²) in [6.07, 6.45) is 1.04. The van der Waals surface area contributed by atoms with E-state index in [1.807, 2.05) is 0 Å². The van der Waals surface area contributed by atoms with Gasteiger partial charge in [0, 0.05) is 31.7 Å². The van der Waals surface area contributed by atoms with Gasteiger partial charge in [0.15, 0.2) is 0 Å². The van der Waals surface area contributed by atoms with Crippen LogP contribution in [-0.2, 0) is 19.6 Å². The summed E-state index contributed by atoms with van der Waals surface area (Å²) >= 11 is 0. The third kappa shape index (κ3) is 5.72. The fraction of sp³-hybridized carbons (Fsp3) is 0.375. The molecule has 0 saturated carbocycles. The summed E-state index contributed by atoms with van der Waals surface area (Å²) in [6, 6.07) is 15.3. The first kappa shape index (κ1) is 22.0. The second-order valence-electron chi connectivity index (χ2n) is 8.06.